The maximum Gasteiger partial charge on any atom is 0.322 e. The number of rotatable bonds is 15. The van der Waals surface area contributed by atoms with Crippen LogP contribution in [0.2, 0.25) is 0 Å². The van der Waals surface area contributed by atoms with E-state index >= 15 is 0 Å². The van der Waals surface area contributed by atoms with Gasteiger partial charge in [0.2, 0.25) is 0 Å². The van der Waals surface area contributed by atoms with Gasteiger partial charge in [0, 0.05) is 26.2 Å². The molecule has 10 heteroatoms. The van der Waals surface area contributed by atoms with Crippen LogP contribution in [0, 0.1) is 0 Å². The highest BCUT2D eigenvalue weighted by Crippen LogP contribution is 2.09. The normalized spacial score (nSPS) is 11.9. The van der Waals surface area contributed by atoms with Gasteiger partial charge < -0.3 is 24.2 Å². The summed E-state index contributed by atoms with van der Waals surface area (Å²) < 4.78 is 13.9. The third-order valence-electron chi connectivity index (χ3n) is 4.22. The highest BCUT2D eigenvalue weighted by atomic mass is 16.5. The highest BCUT2D eigenvalue weighted by Gasteiger charge is 2.29. The summed E-state index contributed by atoms with van der Waals surface area (Å²) in [5, 5.41) is 9.74. The molecule has 0 amide bonds. The van der Waals surface area contributed by atoms with Crippen molar-refractivity contribution in [3.63, 3.8) is 0 Å². The van der Waals surface area contributed by atoms with Crippen molar-refractivity contribution < 1.29 is 38.5 Å². The second-order valence-electron chi connectivity index (χ2n) is 6.17. The number of hydrogen-bond acceptors (Lipinski definition) is 9. The molecule has 0 aliphatic rings. The zero-order valence-corrected chi connectivity index (χ0v) is 17.1. The number of methoxy groups -OCH3 is 3. The predicted molar refractivity (Wildman–Crippen MR) is 99.6 cm³/mol. The molecule has 1 N–H and O–H groups in total. The number of carboxylic acid groups (broad SMARTS) is 1. The molecule has 0 rings (SSSR count). The zero-order valence-electron chi connectivity index (χ0n) is 17.1. The Balaban J connectivity index is 5.24. The summed E-state index contributed by atoms with van der Waals surface area (Å²) in [7, 11) is 3.81. The zero-order chi connectivity index (χ0) is 21.5. The summed E-state index contributed by atoms with van der Waals surface area (Å²) in [5.74, 6) is -2.39. The van der Waals surface area contributed by atoms with Crippen LogP contribution in [0.3, 0.4) is 0 Å². The van der Waals surface area contributed by atoms with E-state index in [1.807, 2.05) is 11.8 Å². The van der Waals surface area contributed by atoms with Crippen LogP contribution in [0.5, 0.6) is 0 Å². The number of hydrogen-bond donors (Lipinski definition) is 1. The van der Waals surface area contributed by atoms with Gasteiger partial charge in [-0.25, -0.2) is 0 Å². The Hall–Kier alpha value is -2.20. The minimum Gasteiger partial charge on any atom is -0.480 e. The van der Waals surface area contributed by atoms with Crippen molar-refractivity contribution >= 4 is 23.9 Å². The number of esters is 3. The number of nitrogens with zero attached hydrogens (tertiary/aromatic N) is 2. The van der Waals surface area contributed by atoms with E-state index in [-0.39, 0.29) is 44.9 Å². The van der Waals surface area contributed by atoms with Crippen molar-refractivity contribution in [2.45, 2.75) is 38.6 Å². The van der Waals surface area contributed by atoms with E-state index in [1.54, 1.807) is 4.90 Å². The Morgan fingerprint density at radius 3 is 1.57 bits per heavy atom. The lowest BCUT2D eigenvalue weighted by Gasteiger charge is -2.32. The summed E-state index contributed by atoms with van der Waals surface area (Å²) in [5.41, 5.74) is 0. The van der Waals surface area contributed by atoms with Crippen molar-refractivity contribution in [1.82, 2.24) is 9.80 Å². The minimum atomic E-state index is -1.08. The molecule has 0 radical (unpaired) electrons. The topological polar surface area (TPSA) is 123 Å². The molecule has 0 spiro atoms. The van der Waals surface area contributed by atoms with Gasteiger partial charge in [0.05, 0.1) is 40.6 Å². The molecule has 0 unspecified atom stereocenters. The first-order valence-corrected chi connectivity index (χ1v) is 9.18. The van der Waals surface area contributed by atoms with Gasteiger partial charge in [-0.05, 0) is 13.0 Å². The maximum atomic E-state index is 11.9. The number of carbonyl (C=O) groups excluding carboxylic acids is 3. The molecule has 10 nitrogen and oxygen atoms in total. The van der Waals surface area contributed by atoms with Crippen LogP contribution in [0.4, 0.5) is 0 Å². The molecule has 0 bridgehead atoms. The Morgan fingerprint density at radius 1 is 0.786 bits per heavy atom. The maximum absolute atomic E-state index is 11.9. The minimum absolute atomic E-state index is 0.00259. The van der Waals surface area contributed by atoms with E-state index in [1.165, 1.54) is 21.3 Å². The second-order valence-corrected chi connectivity index (χ2v) is 6.17. The fourth-order valence-corrected chi connectivity index (χ4v) is 2.65. The number of aliphatic carboxylic acids is 1. The van der Waals surface area contributed by atoms with Crippen molar-refractivity contribution in [2.75, 3.05) is 54.1 Å². The van der Waals surface area contributed by atoms with Gasteiger partial charge in [-0.1, -0.05) is 6.92 Å². The smallest absolute Gasteiger partial charge is 0.322 e. The summed E-state index contributed by atoms with van der Waals surface area (Å²) in [6, 6.07) is -0.960. The predicted octanol–water partition coefficient (Wildman–Crippen LogP) is 0.143. The second kappa shape index (κ2) is 14.8. The molecule has 0 aromatic heterocycles. The van der Waals surface area contributed by atoms with Crippen LogP contribution in [-0.2, 0) is 33.4 Å². The van der Waals surface area contributed by atoms with Gasteiger partial charge in [-0.2, -0.15) is 0 Å². The molecule has 1 atom stereocenters. The number of carboxylic acids is 1. The largest absolute Gasteiger partial charge is 0.480 e. The Morgan fingerprint density at radius 2 is 1.21 bits per heavy atom. The monoisotopic (exact) mass is 404 g/mol. The SMILES string of the molecule is CCCN(CCC(=O)OC)C[C@@H](C(=O)O)N(CCC(=O)OC)CCC(=O)OC. The van der Waals surface area contributed by atoms with Crippen molar-refractivity contribution in [3.8, 4) is 0 Å². The number of ether oxygens (including phenoxy) is 3. The molecule has 0 aliphatic heterocycles. The van der Waals surface area contributed by atoms with Gasteiger partial charge in [-0.15, -0.1) is 0 Å². The van der Waals surface area contributed by atoms with E-state index in [0.29, 0.717) is 13.1 Å². The average molecular weight is 404 g/mol. The van der Waals surface area contributed by atoms with Crippen LogP contribution in [0.25, 0.3) is 0 Å². The molecular weight excluding hydrogens is 372 g/mol. The first kappa shape index (κ1) is 25.8. The van der Waals surface area contributed by atoms with Crippen molar-refractivity contribution in [3.05, 3.63) is 0 Å². The van der Waals surface area contributed by atoms with E-state index < -0.39 is 23.9 Å². The summed E-state index contributed by atoms with van der Waals surface area (Å²) in [6.45, 7) is 3.29. The Bertz CT molecular complexity index is 492. The van der Waals surface area contributed by atoms with Gasteiger partial charge in [0.1, 0.15) is 6.04 Å². The molecule has 0 fully saturated rings. The molecule has 0 aromatic rings. The van der Waals surface area contributed by atoms with Crippen LogP contribution < -0.4 is 0 Å². The van der Waals surface area contributed by atoms with Crippen LogP contribution >= 0.6 is 0 Å². The van der Waals surface area contributed by atoms with E-state index in [2.05, 4.69) is 14.2 Å². The van der Waals surface area contributed by atoms with Crippen molar-refractivity contribution in [1.29, 1.82) is 0 Å². The quantitative estimate of drug-likeness (QED) is 0.298. The Labute approximate surface area is 165 Å². The van der Waals surface area contributed by atoms with Crippen molar-refractivity contribution in [2.24, 2.45) is 0 Å². The third kappa shape index (κ3) is 10.8. The fourth-order valence-electron chi connectivity index (χ4n) is 2.65. The average Bonchev–Trinajstić information content (AvgIpc) is 2.69. The summed E-state index contributed by atoms with van der Waals surface area (Å²) in [4.78, 5) is 49.7. The first-order chi connectivity index (χ1) is 13.3. The van der Waals surface area contributed by atoms with Crippen LogP contribution in [-0.4, -0.2) is 98.9 Å². The summed E-state index contributed by atoms with van der Waals surface area (Å²) in [6.07, 6.45) is 0.916. The van der Waals surface area contributed by atoms with E-state index in [9.17, 15) is 24.3 Å². The van der Waals surface area contributed by atoms with Gasteiger partial charge >= 0.3 is 23.9 Å². The van der Waals surface area contributed by atoms with Gasteiger partial charge in [0.25, 0.3) is 0 Å². The molecule has 0 aromatic carbocycles. The third-order valence-corrected chi connectivity index (χ3v) is 4.22. The lowest BCUT2D eigenvalue weighted by atomic mass is 10.1. The molecule has 28 heavy (non-hydrogen) atoms. The molecule has 0 saturated carbocycles. The standard InChI is InChI=1S/C18H32N2O8/c1-5-9-19(10-6-15(21)26-2)13-14(18(24)25)20(11-7-16(22)27-3)12-8-17(23)28-4/h14H,5-13H2,1-4H3,(H,24,25)/t14-/m0/s1. The highest BCUT2D eigenvalue weighted by molar-refractivity contribution is 5.75. The first-order valence-electron chi connectivity index (χ1n) is 9.18. The van der Waals surface area contributed by atoms with Crippen LogP contribution in [0.15, 0.2) is 0 Å². The molecule has 0 saturated heterocycles. The van der Waals surface area contributed by atoms with Gasteiger partial charge in [0.15, 0.2) is 0 Å². The van der Waals surface area contributed by atoms with E-state index in [0.717, 1.165) is 6.42 Å². The lowest BCUT2D eigenvalue weighted by molar-refractivity contribution is -0.148. The van der Waals surface area contributed by atoms with Gasteiger partial charge in [-0.3, -0.25) is 24.1 Å². The van der Waals surface area contributed by atoms with E-state index in [4.69, 9.17) is 0 Å². The Kier molecular flexibility index (Phi) is 13.6. The lowest BCUT2D eigenvalue weighted by Crippen LogP contribution is -2.50. The molecule has 162 valence electrons. The molecule has 0 heterocycles. The molecule has 0 aliphatic carbocycles. The van der Waals surface area contributed by atoms with Crippen LogP contribution in [0.1, 0.15) is 32.6 Å². The number of carbonyl (C=O) groups is 4. The molecular formula is C18H32N2O8. The fraction of sp³-hybridized carbons (Fsp3) is 0.778. The summed E-state index contributed by atoms with van der Waals surface area (Å²) >= 11 is 0.